The van der Waals surface area contributed by atoms with Gasteiger partial charge >= 0.3 is 0 Å². The van der Waals surface area contributed by atoms with Crippen LogP contribution in [0.1, 0.15) is 17.3 Å². The first-order valence-corrected chi connectivity index (χ1v) is 6.48. The number of benzene rings is 1. The van der Waals surface area contributed by atoms with Crippen LogP contribution < -0.4 is 0 Å². The van der Waals surface area contributed by atoms with E-state index < -0.39 is 5.82 Å². The van der Waals surface area contributed by atoms with Crippen molar-refractivity contribution in [2.24, 2.45) is 0 Å². The van der Waals surface area contributed by atoms with Crippen molar-refractivity contribution in [1.82, 2.24) is 4.90 Å². The number of rotatable bonds is 3. The summed E-state index contributed by atoms with van der Waals surface area (Å²) in [5, 5.41) is 0. The molecule has 16 heavy (non-hydrogen) atoms. The second-order valence-corrected chi connectivity index (χ2v) is 5.92. The fourth-order valence-electron chi connectivity index (χ4n) is 1.33. The van der Waals surface area contributed by atoms with E-state index in [0.29, 0.717) is 12.1 Å². The SMILES string of the molecule is CC(Br)CN(C)C(=O)c1cccc(F)c1Br. The summed E-state index contributed by atoms with van der Waals surface area (Å²) in [5.74, 6) is -0.621. The molecule has 5 heteroatoms. The molecule has 2 nitrogen and oxygen atoms in total. The Balaban J connectivity index is 2.92. The average Bonchev–Trinajstić information content (AvgIpc) is 2.20. The van der Waals surface area contributed by atoms with Gasteiger partial charge in [0.1, 0.15) is 5.82 Å². The number of amides is 1. The van der Waals surface area contributed by atoms with Crippen LogP contribution in [0.5, 0.6) is 0 Å². The van der Waals surface area contributed by atoms with Crippen molar-refractivity contribution >= 4 is 37.8 Å². The molecule has 88 valence electrons. The summed E-state index contributed by atoms with van der Waals surface area (Å²) in [7, 11) is 1.69. The van der Waals surface area contributed by atoms with E-state index in [2.05, 4.69) is 31.9 Å². The molecule has 0 aliphatic heterocycles. The molecule has 0 saturated heterocycles. The highest BCUT2D eigenvalue weighted by Crippen LogP contribution is 2.21. The first kappa shape index (κ1) is 13.6. The molecule has 1 atom stereocenters. The van der Waals surface area contributed by atoms with E-state index in [1.165, 1.54) is 12.1 Å². The Hall–Kier alpha value is -0.420. The Morgan fingerprint density at radius 1 is 1.56 bits per heavy atom. The van der Waals surface area contributed by atoms with Crippen LogP contribution in [0.25, 0.3) is 0 Å². The van der Waals surface area contributed by atoms with Crippen molar-refractivity contribution in [2.75, 3.05) is 13.6 Å². The standard InChI is InChI=1S/C11H12Br2FNO/c1-7(12)6-15(2)11(16)8-4-3-5-9(14)10(8)13/h3-5,7H,6H2,1-2H3. The molecule has 0 N–H and O–H groups in total. The van der Waals surface area contributed by atoms with Crippen molar-refractivity contribution in [2.45, 2.75) is 11.8 Å². The van der Waals surface area contributed by atoms with Crippen LogP contribution in [0.2, 0.25) is 0 Å². The van der Waals surface area contributed by atoms with E-state index in [9.17, 15) is 9.18 Å². The van der Waals surface area contributed by atoms with Crippen LogP contribution in [-0.4, -0.2) is 29.2 Å². The first-order valence-electron chi connectivity index (χ1n) is 4.77. The maximum Gasteiger partial charge on any atom is 0.254 e. The van der Waals surface area contributed by atoms with Gasteiger partial charge in [-0.1, -0.05) is 28.9 Å². The summed E-state index contributed by atoms with van der Waals surface area (Å²) >= 11 is 6.45. The van der Waals surface area contributed by atoms with Crippen LogP contribution in [0.3, 0.4) is 0 Å². The van der Waals surface area contributed by atoms with Gasteiger partial charge in [-0.25, -0.2) is 4.39 Å². The monoisotopic (exact) mass is 351 g/mol. The van der Waals surface area contributed by atoms with Crippen molar-refractivity contribution in [3.8, 4) is 0 Å². The number of carbonyl (C=O) groups excluding carboxylic acids is 1. The minimum absolute atomic E-state index is 0.197. The van der Waals surface area contributed by atoms with Gasteiger partial charge in [-0.15, -0.1) is 0 Å². The highest BCUT2D eigenvalue weighted by atomic mass is 79.9. The van der Waals surface area contributed by atoms with Crippen molar-refractivity contribution < 1.29 is 9.18 Å². The third kappa shape index (κ3) is 3.28. The molecule has 1 aromatic rings. The third-order valence-corrected chi connectivity index (χ3v) is 3.15. The smallest absolute Gasteiger partial charge is 0.254 e. The lowest BCUT2D eigenvalue weighted by Gasteiger charge is -2.19. The molecule has 0 radical (unpaired) electrons. The van der Waals surface area contributed by atoms with Gasteiger partial charge in [-0.3, -0.25) is 4.79 Å². The quantitative estimate of drug-likeness (QED) is 0.763. The minimum Gasteiger partial charge on any atom is -0.341 e. The fourth-order valence-corrected chi connectivity index (χ4v) is 2.20. The summed E-state index contributed by atoms with van der Waals surface area (Å²) in [4.78, 5) is 13.7. The number of hydrogen-bond donors (Lipinski definition) is 0. The zero-order valence-corrected chi connectivity index (χ0v) is 12.2. The molecule has 0 bridgehead atoms. The zero-order chi connectivity index (χ0) is 12.3. The zero-order valence-electron chi connectivity index (χ0n) is 9.01. The van der Waals surface area contributed by atoms with Crippen LogP contribution in [-0.2, 0) is 0 Å². The van der Waals surface area contributed by atoms with Crippen LogP contribution in [0, 0.1) is 5.82 Å². The van der Waals surface area contributed by atoms with Crippen molar-refractivity contribution in [3.63, 3.8) is 0 Å². The Labute approximate surface area is 111 Å². The van der Waals surface area contributed by atoms with Crippen LogP contribution >= 0.6 is 31.9 Å². The summed E-state index contributed by atoms with van der Waals surface area (Å²) in [5.41, 5.74) is 0.343. The van der Waals surface area contributed by atoms with Gasteiger partial charge in [-0.2, -0.15) is 0 Å². The lowest BCUT2D eigenvalue weighted by atomic mass is 10.2. The van der Waals surface area contributed by atoms with Gasteiger partial charge in [-0.05, 0) is 28.1 Å². The molecular weight excluding hydrogens is 341 g/mol. The van der Waals surface area contributed by atoms with E-state index in [-0.39, 0.29) is 15.2 Å². The van der Waals surface area contributed by atoms with E-state index in [0.717, 1.165) is 0 Å². The second-order valence-electron chi connectivity index (χ2n) is 3.57. The number of alkyl halides is 1. The van der Waals surface area contributed by atoms with E-state index in [1.807, 2.05) is 6.92 Å². The van der Waals surface area contributed by atoms with Gasteiger partial charge in [0.05, 0.1) is 10.0 Å². The van der Waals surface area contributed by atoms with Crippen molar-refractivity contribution in [1.29, 1.82) is 0 Å². The van der Waals surface area contributed by atoms with Gasteiger partial charge in [0.15, 0.2) is 0 Å². The average molecular weight is 353 g/mol. The normalized spacial score (nSPS) is 12.3. The summed E-state index contributed by atoms with van der Waals surface area (Å²) in [6.07, 6.45) is 0. The topological polar surface area (TPSA) is 20.3 Å². The Morgan fingerprint density at radius 2 is 2.19 bits per heavy atom. The summed E-state index contributed by atoms with van der Waals surface area (Å²) < 4.78 is 13.5. The Kier molecular flexibility index (Phi) is 4.92. The largest absolute Gasteiger partial charge is 0.341 e. The molecular formula is C11H12Br2FNO. The van der Waals surface area contributed by atoms with E-state index >= 15 is 0 Å². The molecule has 0 spiro atoms. The highest BCUT2D eigenvalue weighted by Gasteiger charge is 2.17. The minimum atomic E-state index is -0.425. The van der Waals surface area contributed by atoms with Crippen molar-refractivity contribution in [3.05, 3.63) is 34.1 Å². The maximum absolute atomic E-state index is 13.2. The van der Waals surface area contributed by atoms with Gasteiger partial charge in [0, 0.05) is 18.4 Å². The predicted octanol–water partition coefficient (Wildman–Crippen LogP) is 3.44. The molecule has 1 amide bonds. The molecule has 1 aromatic carbocycles. The fraction of sp³-hybridized carbons (Fsp3) is 0.364. The second kappa shape index (κ2) is 5.77. The Morgan fingerprint density at radius 3 is 2.75 bits per heavy atom. The number of hydrogen-bond acceptors (Lipinski definition) is 1. The number of halogens is 3. The Bertz CT molecular complexity index is 396. The number of nitrogens with zero attached hydrogens (tertiary/aromatic N) is 1. The molecule has 0 fully saturated rings. The molecule has 0 saturated carbocycles. The van der Waals surface area contributed by atoms with Crippen LogP contribution in [0.15, 0.2) is 22.7 Å². The molecule has 0 heterocycles. The summed E-state index contributed by atoms with van der Waals surface area (Å²) in [6.45, 7) is 2.52. The first-order chi connectivity index (χ1) is 7.43. The highest BCUT2D eigenvalue weighted by molar-refractivity contribution is 9.10. The molecule has 0 aliphatic carbocycles. The summed E-state index contributed by atoms with van der Waals surface area (Å²) in [6, 6.07) is 4.44. The van der Waals surface area contributed by atoms with Gasteiger partial charge in [0.25, 0.3) is 5.91 Å². The predicted molar refractivity (Wildman–Crippen MR) is 69.4 cm³/mol. The van der Waals surface area contributed by atoms with Crippen LogP contribution in [0.4, 0.5) is 4.39 Å². The van der Waals surface area contributed by atoms with Gasteiger partial charge in [0.2, 0.25) is 0 Å². The molecule has 1 unspecified atom stereocenters. The third-order valence-electron chi connectivity index (χ3n) is 2.05. The van der Waals surface area contributed by atoms with Gasteiger partial charge < -0.3 is 4.90 Å². The van der Waals surface area contributed by atoms with E-state index in [1.54, 1.807) is 18.0 Å². The van der Waals surface area contributed by atoms with E-state index in [4.69, 9.17) is 0 Å². The number of carbonyl (C=O) groups is 1. The molecule has 1 rings (SSSR count). The molecule has 0 aliphatic rings. The maximum atomic E-state index is 13.2. The lowest BCUT2D eigenvalue weighted by molar-refractivity contribution is 0.0796. The molecule has 0 aromatic heterocycles. The lowest BCUT2D eigenvalue weighted by Crippen LogP contribution is -2.31.